The van der Waals surface area contributed by atoms with Crippen molar-refractivity contribution >= 4 is 11.8 Å². The topological polar surface area (TPSA) is 67.4 Å². The molecule has 0 aliphatic carbocycles. The van der Waals surface area contributed by atoms with Crippen LogP contribution >= 0.6 is 0 Å². The van der Waals surface area contributed by atoms with Gasteiger partial charge in [-0.15, -0.1) is 0 Å². The molecule has 1 atom stereocenters. The second kappa shape index (κ2) is 8.19. The van der Waals surface area contributed by atoms with E-state index in [1.54, 1.807) is 7.11 Å². The van der Waals surface area contributed by atoms with Gasteiger partial charge in [-0.25, -0.2) is 0 Å². The van der Waals surface area contributed by atoms with E-state index in [0.29, 0.717) is 13.0 Å². The van der Waals surface area contributed by atoms with Crippen molar-refractivity contribution in [1.29, 1.82) is 0 Å². The number of benzene rings is 1. The van der Waals surface area contributed by atoms with E-state index in [2.05, 4.69) is 10.6 Å². The molecule has 1 rings (SSSR count). The third-order valence-corrected chi connectivity index (χ3v) is 3.05. The van der Waals surface area contributed by atoms with E-state index in [4.69, 9.17) is 4.74 Å². The molecule has 0 saturated heterocycles. The largest absolute Gasteiger partial charge is 0.497 e. The molecule has 5 heteroatoms. The van der Waals surface area contributed by atoms with Crippen molar-refractivity contribution in [2.24, 2.45) is 0 Å². The first-order valence-electron chi connectivity index (χ1n) is 6.78. The second-order valence-electron chi connectivity index (χ2n) is 4.64. The molecule has 20 heavy (non-hydrogen) atoms. The van der Waals surface area contributed by atoms with Gasteiger partial charge in [0.2, 0.25) is 0 Å². The lowest BCUT2D eigenvalue weighted by Gasteiger charge is -2.11. The number of carbonyl (C=O) groups excluding carboxylic acids is 2. The average molecular weight is 278 g/mol. The highest BCUT2D eigenvalue weighted by Gasteiger charge is 2.14. The van der Waals surface area contributed by atoms with Crippen LogP contribution < -0.4 is 15.4 Å². The number of hydrogen-bond donors (Lipinski definition) is 2. The first-order valence-corrected chi connectivity index (χ1v) is 6.78. The predicted molar refractivity (Wildman–Crippen MR) is 77.6 cm³/mol. The zero-order valence-corrected chi connectivity index (χ0v) is 12.2. The Morgan fingerprint density at radius 1 is 1.20 bits per heavy atom. The number of amides is 2. The lowest BCUT2D eigenvalue weighted by molar-refractivity contribution is -0.139. The van der Waals surface area contributed by atoms with Gasteiger partial charge in [0, 0.05) is 12.6 Å². The molecule has 1 aromatic rings. The van der Waals surface area contributed by atoms with E-state index in [1.165, 1.54) is 0 Å². The van der Waals surface area contributed by atoms with Gasteiger partial charge < -0.3 is 15.4 Å². The molecule has 0 aromatic heterocycles. The Balaban J connectivity index is 2.32. The average Bonchev–Trinajstić information content (AvgIpc) is 2.47. The van der Waals surface area contributed by atoms with Gasteiger partial charge >= 0.3 is 11.8 Å². The Kier molecular flexibility index (Phi) is 6.56. The molecule has 0 unspecified atom stereocenters. The molecule has 0 aliphatic heterocycles. The Morgan fingerprint density at radius 2 is 1.85 bits per heavy atom. The number of rotatable bonds is 6. The van der Waals surface area contributed by atoms with E-state index in [9.17, 15) is 9.59 Å². The van der Waals surface area contributed by atoms with Gasteiger partial charge in [0.05, 0.1) is 7.11 Å². The fraction of sp³-hybridized carbons (Fsp3) is 0.467. The summed E-state index contributed by atoms with van der Waals surface area (Å²) in [6.45, 7) is 4.24. The van der Waals surface area contributed by atoms with Gasteiger partial charge in [-0.3, -0.25) is 9.59 Å². The van der Waals surface area contributed by atoms with Crippen molar-refractivity contribution < 1.29 is 14.3 Å². The maximum Gasteiger partial charge on any atom is 0.309 e. The summed E-state index contributed by atoms with van der Waals surface area (Å²) in [6, 6.07) is 7.61. The molecule has 110 valence electrons. The molecule has 0 bridgehead atoms. The van der Waals surface area contributed by atoms with Gasteiger partial charge in [-0.05, 0) is 37.5 Å². The zero-order chi connectivity index (χ0) is 15.0. The summed E-state index contributed by atoms with van der Waals surface area (Å²) in [7, 11) is 1.62. The molecule has 1 aromatic carbocycles. The maximum atomic E-state index is 11.5. The lowest BCUT2D eigenvalue weighted by atomic mass is 10.1. The normalized spacial score (nSPS) is 11.6. The third-order valence-electron chi connectivity index (χ3n) is 3.05. The molecule has 2 amide bonds. The summed E-state index contributed by atoms with van der Waals surface area (Å²) in [5, 5.41) is 5.23. The highest BCUT2D eigenvalue weighted by molar-refractivity contribution is 6.35. The van der Waals surface area contributed by atoms with Gasteiger partial charge in [0.25, 0.3) is 0 Å². The van der Waals surface area contributed by atoms with Crippen LogP contribution in [0.2, 0.25) is 0 Å². The standard InChI is InChI=1S/C15H22N2O3/c1-4-11(2)17-15(19)14(18)16-10-9-12-5-7-13(20-3)8-6-12/h5-8,11H,4,9-10H2,1-3H3,(H,16,18)(H,17,19)/t11-/m0/s1. The minimum atomic E-state index is -0.584. The summed E-state index contributed by atoms with van der Waals surface area (Å²) < 4.78 is 5.07. The fourth-order valence-electron chi connectivity index (χ4n) is 1.58. The van der Waals surface area contributed by atoms with Crippen molar-refractivity contribution in [2.75, 3.05) is 13.7 Å². The summed E-state index contributed by atoms with van der Waals surface area (Å²) in [6.07, 6.45) is 1.47. The molecule has 0 spiro atoms. The monoisotopic (exact) mass is 278 g/mol. The first-order chi connectivity index (χ1) is 9.56. The minimum Gasteiger partial charge on any atom is -0.497 e. The van der Waals surface area contributed by atoms with Crippen LogP contribution in [0, 0.1) is 0 Å². The van der Waals surface area contributed by atoms with Crippen molar-refractivity contribution in [2.45, 2.75) is 32.7 Å². The summed E-state index contributed by atoms with van der Waals surface area (Å²) in [5.74, 6) is -0.362. The molecule has 0 radical (unpaired) electrons. The molecular formula is C15H22N2O3. The number of nitrogens with one attached hydrogen (secondary N) is 2. The van der Waals surface area contributed by atoms with Gasteiger partial charge in [-0.2, -0.15) is 0 Å². The van der Waals surface area contributed by atoms with E-state index in [-0.39, 0.29) is 6.04 Å². The Morgan fingerprint density at radius 3 is 2.40 bits per heavy atom. The van der Waals surface area contributed by atoms with Crippen molar-refractivity contribution in [3.05, 3.63) is 29.8 Å². The SMILES string of the molecule is CC[C@H](C)NC(=O)C(=O)NCCc1ccc(OC)cc1. The van der Waals surface area contributed by atoms with Crippen molar-refractivity contribution in [3.8, 4) is 5.75 Å². The minimum absolute atomic E-state index is 0.00911. The molecule has 5 nitrogen and oxygen atoms in total. The fourth-order valence-corrected chi connectivity index (χ4v) is 1.58. The quantitative estimate of drug-likeness (QED) is 0.770. The lowest BCUT2D eigenvalue weighted by Crippen LogP contribution is -2.43. The summed E-state index contributed by atoms with van der Waals surface area (Å²) in [4.78, 5) is 23.0. The van der Waals surface area contributed by atoms with E-state index in [0.717, 1.165) is 17.7 Å². The maximum absolute atomic E-state index is 11.5. The first kappa shape index (κ1) is 16.0. The summed E-state index contributed by atoms with van der Waals surface area (Å²) >= 11 is 0. The highest BCUT2D eigenvalue weighted by atomic mass is 16.5. The second-order valence-corrected chi connectivity index (χ2v) is 4.64. The van der Waals surface area contributed by atoms with Crippen LogP contribution in [0.25, 0.3) is 0 Å². The van der Waals surface area contributed by atoms with Crippen LogP contribution in [0.15, 0.2) is 24.3 Å². The number of carbonyl (C=O) groups is 2. The van der Waals surface area contributed by atoms with Crippen molar-refractivity contribution in [1.82, 2.24) is 10.6 Å². The van der Waals surface area contributed by atoms with Gasteiger partial charge in [0.15, 0.2) is 0 Å². The number of methoxy groups -OCH3 is 1. The van der Waals surface area contributed by atoms with E-state index in [1.807, 2.05) is 38.1 Å². The number of ether oxygens (including phenoxy) is 1. The Bertz CT molecular complexity index is 443. The van der Waals surface area contributed by atoms with Gasteiger partial charge in [-0.1, -0.05) is 19.1 Å². The summed E-state index contributed by atoms with van der Waals surface area (Å²) in [5.41, 5.74) is 1.08. The molecular weight excluding hydrogens is 256 g/mol. The van der Waals surface area contributed by atoms with Crippen LogP contribution in [0.3, 0.4) is 0 Å². The molecule has 2 N–H and O–H groups in total. The Hall–Kier alpha value is -2.04. The molecule has 0 aliphatic rings. The van der Waals surface area contributed by atoms with Crippen LogP contribution in [-0.4, -0.2) is 31.5 Å². The van der Waals surface area contributed by atoms with E-state index < -0.39 is 11.8 Å². The highest BCUT2D eigenvalue weighted by Crippen LogP contribution is 2.11. The van der Waals surface area contributed by atoms with Gasteiger partial charge in [0.1, 0.15) is 5.75 Å². The predicted octanol–water partition coefficient (Wildman–Crippen LogP) is 1.27. The van der Waals surface area contributed by atoms with Crippen LogP contribution in [-0.2, 0) is 16.0 Å². The van der Waals surface area contributed by atoms with Crippen molar-refractivity contribution in [3.63, 3.8) is 0 Å². The van der Waals surface area contributed by atoms with Crippen LogP contribution in [0.1, 0.15) is 25.8 Å². The number of hydrogen-bond acceptors (Lipinski definition) is 3. The smallest absolute Gasteiger partial charge is 0.309 e. The van der Waals surface area contributed by atoms with Crippen LogP contribution in [0.5, 0.6) is 5.75 Å². The molecule has 0 heterocycles. The third kappa shape index (κ3) is 5.30. The Labute approximate surface area is 119 Å². The molecule has 0 saturated carbocycles. The van der Waals surface area contributed by atoms with Crippen LogP contribution in [0.4, 0.5) is 0 Å². The molecule has 0 fully saturated rings. The zero-order valence-electron chi connectivity index (χ0n) is 12.2. The van der Waals surface area contributed by atoms with E-state index >= 15 is 0 Å².